The molecule has 6 rings (SSSR count). The molecule has 6 aromatic rings. The van der Waals surface area contributed by atoms with Gasteiger partial charge >= 0.3 is 0 Å². The third kappa shape index (κ3) is 33.2. The summed E-state index contributed by atoms with van der Waals surface area (Å²) in [6, 6.07) is 4.23. The van der Waals surface area contributed by atoms with Gasteiger partial charge in [-0.25, -0.2) is 0 Å². The van der Waals surface area contributed by atoms with Gasteiger partial charge < -0.3 is 146 Å². The highest BCUT2D eigenvalue weighted by atomic mass is 16.3. The van der Waals surface area contributed by atoms with E-state index in [0.29, 0.717) is 58.7 Å². The molecule has 0 aliphatic heterocycles. The van der Waals surface area contributed by atoms with Gasteiger partial charge in [-0.3, -0.25) is 79.2 Å². The topological polar surface area (TPSA) is 756 Å². The van der Waals surface area contributed by atoms with E-state index in [1.165, 1.54) is 6.92 Å². The fraction of sp³-hybridized carbons (Fsp3) is 0.518. The number of guanidine groups is 4. The van der Waals surface area contributed by atoms with Crippen molar-refractivity contribution in [3.63, 3.8) is 0 Å². The van der Waals surface area contributed by atoms with Crippen LogP contribution < -0.4 is 126 Å². The summed E-state index contributed by atoms with van der Waals surface area (Å²) in [4.78, 5) is 185. The van der Waals surface area contributed by atoms with Crippen molar-refractivity contribution in [3.8, 4) is 0 Å². The average Bonchev–Trinajstić information content (AvgIpc) is 1.65. The van der Waals surface area contributed by atoms with E-state index in [4.69, 9.17) is 67.5 Å². The van der Waals surface area contributed by atoms with Gasteiger partial charge in [0.1, 0.15) is 66.5 Å². The zero-order valence-electron chi connectivity index (χ0n) is 72.0. The number of primary amides is 1. The Hall–Kier alpha value is -13.2. The number of aromatic amines is 3. The fourth-order valence-corrected chi connectivity index (χ4v) is 14.2. The minimum absolute atomic E-state index is 0.0121. The number of fused-ring (bicyclic) bond motifs is 3. The highest BCUT2D eigenvalue weighted by Gasteiger charge is 2.39. The number of hydrogen-bond donors (Lipinski definition) is 31. The number of aliphatic hydroxyl groups is 1. The van der Waals surface area contributed by atoms with Crippen molar-refractivity contribution >= 4 is 127 Å². The standard InChI is InChI=1S/C83H130N30O13/c1-44(2)65(77(124)103-57(68(87)115)26-12-14-32-84)111-73(120)62(31-19-37-99-83(94)95)106-76(123)64(40-49-43-102-56-25-11-8-22-52(49)56)110-71(118)60(29-17-35-97-81(90)91)108-79(126)67(46(5)114)113-74(121)58(27-13-15-33-85)105-75(122)63(39-48-42-101-55-24-10-7-21-51(48)55)109-70(117)59(28-16-34-96-80(88)89)107-78(125)66(45(3)4)112-72(119)61(30-18-36-98-82(92)93)104-69(116)53(86)38-47-41-100-54-23-9-6-20-50(47)54/h6-11,20-25,41-46,53,57-67,100-102,114H,12-19,26-40,84-86H2,1-5H3,(H2,87,115)(H,103,124)(H,104,116)(H,105,122)(H,106,123)(H,107,125)(H,108,126)(H,109,117)(H,110,118)(H,111,120)(H,112,119)(H,113,121)(H4,88,89,96)(H4,90,91,97)(H4,92,93,98)(H4,94,95,99)/t46-,53+,57+,58+,59+,60+,61+,62+,63+,64+,65+,66+,67+/m1/s1. The quantitative estimate of drug-likeness (QED) is 0.00993. The lowest BCUT2D eigenvalue weighted by atomic mass is 9.99. The molecule has 43 nitrogen and oxygen atoms in total. The van der Waals surface area contributed by atoms with E-state index >= 15 is 24.0 Å². The smallest absolute Gasteiger partial charge is 0.245 e. The maximum atomic E-state index is 15.3. The van der Waals surface area contributed by atoms with Gasteiger partial charge in [-0.15, -0.1) is 0 Å². The monoisotopic (exact) mass is 1760 g/mol. The van der Waals surface area contributed by atoms with Crippen LogP contribution in [0.15, 0.2) is 91.4 Å². The molecule has 690 valence electrons. The summed E-state index contributed by atoms with van der Waals surface area (Å²) in [5.41, 5.74) is 50.1. The molecule has 0 saturated heterocycles. The molecule has 13 atom stereocenters. The van der Waals surface area contributed by atoms with Crippen LogP contribution in [0.1, 0.15) is 141 Å². The first-order valence-corrected chi connectivity index (χ1v) is 42.4. The Morgan fingerprint density at radius 3 is 0.889 bits per heavy atom. The number of amides is 12. The van der Waals surface area contributed by atoms with Crippen LogP contribution >= 0.6 is 0 Å². The minimum Gasteiger partial charge on any atom is -0.391 e. The number of carbonyl (C=O) groups excluding carboxylic acids is 12. The largest absolute Gasteiger partial charge is 0.391 e. The molecule has 0 aliphatic rings. The maximum Gasteiger partial charge on any atom is 0.245 e. The summed E-state index contributed by atoms with van der Waals surface area (Å²) < 4.78 is 0. The Labute approximate surface area is 730 Å². The molecule has 0 bridgehead atoms. The van der Waals surface area contributed by atoms with E-state index < -0.39 is 173 Å². The van der Waals surface area contributed by atoms with Gasteiger partial charge in [0.2, 0.25) is 70.9 Å². The number of aliphatic hydroxyl groups excluding tert-OH is 1. The minimum atomic E-state index is -1.91. The molecule has 3 aromatic heterocycles. The van der Waals surface area contributed by atoms with Gasteiger partial charge in [0.15, 0.2) is 23.8 Å². The number of nitrogens with two attached hydrogens (primary N) is 8. The number of nitrogens with one attached hydrogen (secondary N) is 22. The third-order valence-corrected chi connectivity index (χ3v) is 21.1. The lowest BCUT2D eigenvalue weighted by Crippen LogP contribution is -2.62. The van der Waals surface area contributed by atoms with Crippen molar-refractivity contribution in [2.24, 2.45) is 57.7 Å². The summed E-state index contributed by atoms with van der Waals surface area (Å²) in [6.45, 7) is 8.40. The first-order chi connectivity index (χ1) is 60.0. The first kappa shape index (κ1) is 102. The number of aromatic nitrogens is 3. The Morgan fingerprint density at radius 1 is 0.325 bits per heavy atom. The summed E-state index contributed by atoms with van der Waals surface area (Å²) >= 11 is 0. The van der Waals surface area contributed by atoms with Crippen molar-refractivity contribution in [2.75, 3.05) is 39.3 Å². The Bertz CT molecular complexity index is 4680. The van der Waals surface area contributed by atoms with Crippen LogP contribution in [0.25, 0.3) is 32.7 Å². The number of H-pyrrole nitrogens is 3. The van der Waals surface area contributed by atoms with Crippen LogP contribution in [0.2, 0.25) is 0 Å². The second-order valence-corrected chi connectivity index (χ2v) is 31.9. The molecule has 0 radical (unpaired) electrons. The fourth-order valence-electron chi connectivity index (χ4n) is 14.2. The van der Waals surface area contributed by atoms with Crippen molar-refractivity contribution in [1.29, 1.82) is 21.6 Å². The number of hydrogen-bond acceptors (Lipinski definition) is 20. The lowest BCUT2D eigenvalue weighted by Gasteiger charge is -2.30. The predicted molar refractivity (Wildman–Crippen MR) is 478 cm³/mol. The van der Waals surface area contributed by atoms with Gasteiger partial charge in [-0.1, -0.05) is 82.3 Å². The number of rotatable bonds is 56. The molecule has 0 spiro atoms. The molecule has 126 heavy (non-hydrogen) atoms. The molecular weight excluding hydrogens is 1630 g/mol. The molecule has 3 aromatic carbocycles. The van der Waals surface area contributed by atoms with Crippen LogP contribution in [-0.2, 0) is 76.8 Å². The zero-order valence-corrected chi connectivity index (χ0v) is 72.0. The zero-order chi connectivity index (χ0) is 92.7. The molecule has 0 unspecified atom stereocenters. The first-order valence-electron chi connectivity index (χ1n) is 42.4. The van der Waals surface area contributed by atoms with E-state index in [1.54, 1.807) is 94.8 Å². The van der Waals surface area contributed by atoms with E-state index in [2.05, 4.69) is 94.7 Å². The molecule has 39 N–H and O–H groups in total. The number of unbranched alkanes of at least 4 members (excludes halogenated alkanes) is 2. The van der Waals surface area contributed by atoms with E-state index in [-0.39, 0.29) is 135 Å². The number of carbonyl (C=O) groups is 12. The van der Waals surface area contributed by atoms with Crippen molar-refractivity contribution in [1.82, 2.24) is 94.7 Å². The molecule has 43 heteroatoms. The number of para-hydroxylation sites is 3. The molecule has 0 saturated carbocycles. The van der Waals surface area contributed by atoms with Gasteiger partial charge in [-0.05, 0) is 163 Å². The summed E-state index contributed by atoms with van der Waals surface area (Å²) in [6.07, 6.45) is 4.21. The van der Waals surface area contributed by atoms with Crippen molar-refractivity contribution in [2.45, 2.75) is 222 Å². The SMILES string of the molecule is CC(C)[C@H](NC(=O)[C@H](CCCNC(=N)N)NC(=O)[C@H](Cc1c[nH]c2ccccc12)NC(=O)[C@H](CCCNC(=N)N)NC(=O)[C@@H](NC(=O)[C@H](CCCCN)NC(=O)[C@H](Cc1c[nH]c2ccccc12)NC(=O)[C@H](CCCNC(=N)N)NC(=O)[C@@H](NC(=O)[C@H](CCCNC(=N)N)NC(=O)[C@@H](N)Cc1c[nH]c2ccccc12)C(C)C)[C@@H](C)O)C(=O)N[C@@H](CCCCN)C(N)=O. The van der Waals surface area contributed by atoms with E-state index in [0.717, 1.165) is 16.5 Å². The van der Waals surface area contributed by atoms with Gasteiger partial charge in [0.25, 0.3) is 0 Å². The normalized spacial score (nSPS) is 14.4. The Balaban J connectivity index is 1.29. The Kier molecular flexibility index (Phi) is 41.8. The van der Waals surface area contributed by atoms with Crippen LogP contribution in [0, 0.1) is 33.5 Å². The van der Waals surface area contributed by atoms with Crippen LogP contribution in [0.5, 0.6) is 0 Å². The molecule has 12 amide bonds. The maximum absolute atomic E-state index is 15.3. The molecule has 0 fully saturated rings. The van der Waals surface area contributed by atoms with Crippen LogP contribution in [0.4, 0.5) is 0 Å². The predicted octanol–water partition coefficient (Wildman–Crippen LogP) is -3.69. The van der Waals surface area contributed by atoms with Gasteiger partial charge in [-0.2, -0.15) is 0 Å². The highest BCUT2D eigenvalue weighted by Crippen LogP contribution is 2.24. The second kappa shape index (κ2) is 51.8. The van der Waals surface area contributed by atoms with Crippen LogP contribution in [-0.4, -0.2) is 233 Å². The van der Waals surface area contributed by atoms with Gasteiger partial charge in [0.05, 0.1) is 12.1 Å². The molecule has 0 aliphatic carbocycles. The van der Waals surface area contributed by atoms with E-state index in [1.807, 2.05) is 24.3 Å². The molecular formula is C83H130N30O13. The molecule has 3 heterocycles. The summed E-state index contributed by atoms with van der Waals surface area (Å²) in [7, 11) is 0. The lowest BCUT2D eigenvalue weighted by molar-refractivity contribution is -0.137. The number of benzene rings is 3. The second-order valence-electron chi connectivity index (χ2n) is 31.9. The van der Waals surface area contributed by atoms with Gasteiger partial charge in [0, 0.05) is 90.3 Å². The summed E-state index contributed by atoms with van der Waals surface area (Å²) in [5.74, 6) is -13.5. The van der Waals surface area contributed by atoms with E-state index in [9.17, 15) is 38.7 Å². The Morgan fingerprint density at radius 2 is 0.579 bits per heavy atom. The van der Waals surface area contributed by atoms with Crippen LogP contribution in [0.3, 0.4) is 0 Å². The third-order valence-electron chi connectivity index (χ3n) is 21.1. The van der Waals surface area contributed by atoms with Crippen molar-refractivity contribution in [3.05, 3.63) is 108 Å². The summed E-state index contributed by atoms with van der Waals surface area (Å²) in [5, 5.41) is 85.1. The van der Waals surface area contributed by atoms with Crippen molar-refractivity contribution < 1.29 is 62.6 Å². The highest BCUT2D eigenvalue weighted by molar-refractivity contribution is 6.01. The average molecular weight is 1760 g/mol.